The Morgan fingerprint density at radius 1 is 1.00 bits per heavy atom. The highest BCUT2D eigenvalue weighted by molar-refractivity contribution is 6.08. The zero-order valence-corrected chi connectivity index (χ0v) is 25.3. The highest BCUT2D eigenvalue weighted by Gasteiger charge is 2.26. The molecule has 0 spiro atoms. The van der Waals surface area contributed by atoms with Gasteiger partial charge in [0.2, 0.25) is 5.91 Å². The van der Waals surface area contributed by atoms with Crippen LogP contribution in [-0.4, -0.2) is 41.7 Å². The number of alkyl carbamates (subject to hydrolysis) is 1. The maximum Gasteiger partial charge on any atom is 0.407 e. The molecule has 5 rings (SSSR count). The van der Waals surface area contributed by atoms with Crippen molar-refractivity contribution in [2.24, 2.45) is 10.7 Å². The largest absolute Gasteiger partial charge is 0.445 e. The molecule has 4 N–H and O–H groups in total. The van der Waals surface area contributed by atoms with Crippen molar-refractivity contribution in [2.75, 3.05) is 18.4 Å². The number of aliphatic imine (C=N–C) groups is 1. The van der Waals surface area contributed by atoms with E-state index in [1.165, 1.54) is 0 Å². The molecule has 1 atom stereocenters. The normalized spacial score (nSPS) is 15.2. The number of nitrogens with one attached hydrogen (secondary N) is 2. The van der Waals surface area contributed by atoms with Crippen molar-refractivity contribution in [1.82, 2.24) is 10.2 Å². The Kier molecular flexibility index (Phi) is 9.74. The van der Waals surface area contributed by atoms with Crippen LogP contribution in [-0.2, 0) is 22.6 Å². The summed E-state index contributed by atoms with van der Waals surface area (Å²) in [6.45, 7) is 5.67. The van der Waals surface area contributed by atoms with Gasteiger partial charge in [-0.3, -0.25) is 9.59 Å². The second kappa shape index (κ2) is 14.0. The van der Waals surface area contributed by atoms with Crippen molar-refractivity contribution in [3.05, 3.63) is 100 Å². The third kappa shape index (κ3) is 7.34. The number of amidine groups is 1. The van der Waals surface area contributed by atoms with Crippen molar-refractivity contribution in [3.63, 3.8) is 0 Å². The smallest absolute Gasteiger partial charge is 0.407 e. The quantitative estimate of drug-likeness (QED) is 0.255. The molecule has 0 bridgehead atoms. The maximum atomic E-state index is 13.3. The van der Waals surface area contributed by atoms with E-state index in [1.54, 1.807) is 18.2 Å². The summed E-state index contributed by atoms with van der Waals surface area (Å²) in [4.78, 5) is 45.5. The Bertz CT molecular complexity index is 1590. The van der Waals surface area contributed by atoms with Gasteiger partial charge in [-0.1, -0.05) is 56.3 Å². The van der Waals surface area contributed by atoms with E-state index in [1.807, 2.05) is 59.5 Å². The molecule has 9 nitrogen and oxygen atoms in total. The van der Waals surface area contributed by atoms with Gasteiger partial charge in [-0.2, -0.15) is 0 Å². The summed E-state index contributed by atoms with van der Waals surface area (Å²) in [5.41, 5.74) is 12.1. The molecular formula is C35H39N5O4. The van der Waals surface area contributed by atoms with Crippen LogP contribution < -0.4 is 16.4 Å². The summed E-state index contributed by atoms with van der Waals surface area (Å²) in [5, 5.41) is 5.93. The predicted octanol–water partition coefficient (Wildman–Crippen LogP) is 6.28. The van der Waals surface area contributed by atoms with Crippen molar-refractivity contribution in [3.8, 4) is 0 Å². The van der Waals surface area contributed by atoms with Crippen LogP contribution in [0.3, 0.4) is 0 Å². The minimum atomic E-state index is -0.478. The van der Waals surface area contributed by atoms with E-state index in [-0.39, 0.29) is 30.9 Å². The predicted molar refractivity (Wildman–Crippen MR) is 173 cm³/mol. The molecule has 9 heteroatoms. The first kappa shape index (κ1) is 30.5. The number of anilines is 1. The van der Waals surface area contributed by atoms with Gasteiger partial charge in [-0.25, -0.2) is 9.79 Å². The van der Waals surface area contributed by atoms with Crippen LogP contribution in [0.25, 0.3) is 6.08 Å². The number of fused-ring (bicyclic) bond motifs is 2. The summed E-state index contributed by atoms with van der Waals surface area (Å²) < 4.78 is 5.41. The van der Waals surface area contributed by atoms with Crippen LogP contribution in [0.2, 0.25) is 0 Å². The average molecular weight is 594 g/mol. The molecule has 1 aliphatic carbocycles. The fourth-order valence-corrected chi connectivity index (χ4v) is 5.67. The number of benzene rings is 3. The molecule has 3 amide bonds. The summed E-state index contributed by atoms with van der Waals surface area (Å²) in [7, 11) is 0. The molecule has 0 saturated heterocycles. The van der Waals surface area contributed by atoms with Crippen molar-refractivity contribution in [2.45, 2.75) is 58.6 Å². The van der Waals surface area contributed by atoms with E-state index in [2.05, 4.69) is 29.5 Å². The van der Waals surface area contributed by atoms with Gasteiger partial charge in [0.25, 0.3) is 5.91 Å². The van der Waals surface area contributed by atoms with Crippen molar-refractivity contribution >= 4 is 41.2 Å². The van der Waals surface area contributed by atoms with Gasteiger partial charge in [-0.05, 0) is 72.7 Å². The number of hydrogen-bond donors (Lipinski definition) is 3. The zero-order chi connectivity index (χ0) is 31.1. The monoisotopic (exact) mass is 593 g/mol. The maximum absolute atomic E-state index is 13.3. The van der Waals surface area contributed by atoms with Gasteiger partial charge in [0.1, 0.15) is 12.4 Å². The van der Waals surface area contributed by atoms with Gasteiger partial charge in [0.15, 0.2) is 0 Å². The van der Waals surface area contributed by atoms with Crippen LogP contribution in [0, 0.1) is 0 Å². The Morgan fingerprint density at radius 2 is 1.77 bits per heavy atom. The number of hydrogen-bond acceptors (Lipinski definition) is 6. The highest BCUT2D eigenvalue weighted by atomic mass is 16.5. The number of nitrogens with zero attached hydrogens (tertiary/aromatic N) is 2. The molecule has 1 heterocycles. The fourth-order valence-electron chi connectivity index (χ4n) is 5.67. The Hall–Kier alpha value is -4.92. The molecule has 0 radical (unpaired) electrons. The van der Waals surface area contributed by atoms with Crippen LogP contribution in [0.4, 0.5) is 16.2 Å². The highest BCUT2D eigenvalue weighted by Crippen LogP contribution is 2.34. The Balaban J connectivity index is 1.27. The van der Waals surface area contributed by atoms with E-state index in [9.17, 15) is 14.4 Å². The molecular weight excluding hydrogens is 554 g/mol. The molecule has 3 aromatic carbocycles. The number of ether oxygens (including phenoxy) is 1. The number of nitrogens with two attached hydrogens (primary N) is 1. The lowest BCUT2D eigenvalue weighted by atomic mass is 10.0. The fraction of sp³-hybridized carbons (Fsp3) is 0.314. The number of aryl methyl sites for hydroxylation is 1. The van der Waals surface area contributed by atoms with E-state index in [4.69, 9.17) is 10.5 Å². The molecule has 0 saturated carbocycles. The molecule has 1 unspecified atom stereocenters. The molecule has 2 aliphatic rings. The third-order valence-electron chi connectivity index (χ3n) is 7.79. The summed E-state index contributed by atoms with van der Waals surface area (Å²) in [5.74, 6) is -0.00316. The third-order valence-corrected chi connectivity index (χ3v) is 7.79. The van der Waals surface area contributed by atoms with Crippen LogP contribution in [0.15, 0.2) is 77.3 Å². The second-order valence-corrected chi connectivity index (χ2v) is 11.2. The Morgan fingerprint density at radius 3 is 2.52 bits per heavy atom. The first-order valence-electron chi connectivity index (χ1n) is 15.2. The molecule has 0 fully saturated rings. The van der Waals surface area contributed by atoms with Crippen LogP contribution in [0.5, 0.6) is 0 Å². The van der Waals surface area contributed by atoms with Gasteiger partial charge >= 0.3 is 6.09 Å². The van der Waals surface area contributed by atoms with Crippen molar-refractivity contribution < 1.29 is 19.1 Å². The Labute approximate surface area is 258 Å². The number of rotatable bonds is 10. The molecule has 44 heavy (non-hydrogen) atoms. The SMILES string of the molecule is CCCN(CCC)C(=O)C1=Cc2ccc(C(=O)Nc3ccc4c(c3)C(NC(=O)OCc3ccccc3)CC4)cc2N=C(N)C1. The zero-order valence-electron chi connectivity index (χ0n) is 25.3. The molecule has 228 valence electrons. The minimum Gasteiger partial charge on any atom is -0.445 e. The molecule has 0 aromatic heterocycles. The van der Waals surface area contributed by atoms with E-state index >= 15 is 0 Å². The number of amides is 3. The first-order chi connectivity index (χ1) is 21.3. The van der Waals surface area contributed by atoms with E-state index < -0.39 is 6.09 Å². The second-order valence-electron chi connectivity index (χ2n) is 11.2. The van der Waals surface area contributed by atoms with Gasteiger partial charge in [0.05, 0.1) is 11.7 Å². The van der Waals surface area contributed by atoms with Gasteiger partial charge in [0, 0.05) is 41.9 Å². The first-order valence-corrected chi connectivity index (χ1v) is 15.2. The summed E-state index contributed by atoms with van der Waals surface area (Å²) >= 11 is 0. The summed E-state index contributed by atoms with van der Waals surface area (Å²) in [6.07, 6.45) is 4.94. The lowest BCUT2D eigenvalue weighted by molar-refractivity contribution is -0.127. The molecule has 3 aromatic rings. The average Bonchev–Trinajstić information content (AvgIpc) is 3.32. The topological polar surface area (TPSA) is 126 Å². The minimum absolute atomic E-state index is 0.0321. The summed E-state index contributed by atoms with van der Waals surface area (Å²) in [6, 6.07) is 20.3. The van der Waals surface area contributed by atoms with Crippen molar-refractivity contribution in [1.29, 1.82) is 0 Å². The lowest BCUT2D eigenvalue weighted by Gasteiger charge is -2.22. The van der Waals surface area contributed by atoms with E-state index in [0.717, 1.165) is 47.9 Å². The van der Waals surface area contributed by atoms with Gasteiger partial charge < -0.3 is 26.0 Å². The van der Waals surface area contributed by atoms with Gasteiger partial charge in [-0.15, -0.1) is 0 Å². The van der Waals surface area contributed by atoms with Crippen LogP contribution >= 0.6 is 0 Å². The van der Waals surface area contributed by atoms with Crippen LogP contribution in [0.1, 0.15) is 78.2 Å². The standard InChI is InChI=1S/C35H39N5O4/c1-3-16-40(17-4-2)34(42)27-18-25-10-11-26(19-31(25)38-32(36)20-27)33(41)37-28-14-12-24-13-15-30(29(24)21-28)39-35(43)44-22-23-8-6-5-7-9-23/h5-12,14,18-19,21,30H,3-4,13,15-17,20,22H2,1-2H3,(H2,36,38)(H,37,41)(H,39,43). The molecule has 1 aliphatic heterocycles. The van der Waals surface area contributed by atoms with E-state index in [0.29, 0.717) is 41.4 Å². The number of carbonyl (C=O) groups is 3. The number of carbonyl (C=O) groups excluding carboxylic acids is 3. The lowest BCUT2D eigenvalue weighted by Crippen LogP contribution is -2.34.